The average Bonchev–Trinajstić information content (AvgIpc) is 2.59. The van der Waals surface area contributed by atoms with Crippen LogP contribution < -0.4 is 4.31 Å². The van der Waals surface area contributed by atoms with Gasteiger partial charge in [0.25, 0.3) is 0 Å². The number of halogens is 1. The number of hydrogen-bond acceptors (Lipinski definition) is 4. The van der Waals surface area contributed by atoms with E-state index in [1.807, 2.05) is 0 Å². The summed E-state index contributed by atoms with van der Waals surface area (Å²) in [5, 5.41) is 0. The number of carbonyl (C=O) groups excluding carboxylic acids is 1. The number of likely N-dealkylation sites (N-methyl/N-ethyl adjacent to an activating group) is 1. The van der Waals surface area contributed by atoms with Crippen molar-refractivity contribution in [2.24, 2.45) is 0 Å². The van der Waals surface area contributed by atoms with E-state index in [2.05, 4.69) is 11.8 Å². The van der Waals surface area contributed by atoms with Crippen molar-refractivity contribution in [1.82, 2.24) is 9.80 Å². The number of piperazine rings is 1. The van der Waals surface area contributed by atoms with Crippen molar-refractivity contribution < 1.29 is 17.6 Å². The number of rotatable bonds is 6. The van der Waals surface area contributed by atoms with E-state index < -0.39 is 21.9 Å². The number of hydrogen-bond donors (Lipinski definition) is 0. The van der Waals surface area contributed by atoms with Gasteiger partial charge in [-0.05, 0) is 37.2 Å². The van der Waals surface area contributed by atoms with Gasteiger partial charge in [-0.1, -0.05) is 13.8 Å². The van der Waals surface area contributed by atoms with Crippen molar-refractivity contribution in [3.8, 4) is 0 Å². The van der Waals surface area contributed by atoms with Gasteiger partial charge in [0.15, 0.2) is 0 Å². The molecule has 1 aliphatic rings. The first-order valence-corrected chi connectivity index (χ1v) is 10.4. The highest BCUT2D eigenvalue weighted by atomic mass is 32.2. The van der Waals surface area contributed by atoms with E-state index in [4.69, 9.17) is 0 Å². The van der Waals surface area contributed by atoms with Crippen LogP contribution >= 0.6 is 0 Å². The van der Waals surface area contributed by atoms with Gasteiger partial charge >= 0.3 is 0 Å². The normalized spacial score (nSPS) is 17.4. The average molecular weight is 371 g/mol. The van der Waals surface area contributed by atoms with Crippen LogP contribution in [0.2, 0.25) is 0 Å². The summed E-state index contributed by atoms with van der Waals surface area (Å²) in [4.78, 5) is 17.0. The summed E-state index contributed by atoms with van der Waals surface area (Å²) in [5.41, 5.74) is 0.302. The van der Waals surface area contributed by atoms with E-state index in [9.17, 15) is 17.6 Å². The Labute approximate surface area is 149 Å². The molecule has 2 rings (SSSR count). The monoisotopic (exact) mass is 371 g/mol. The second-order valence-corrected chi connectivity index (χ2v) is 8.08. The molecule has 1 fully saturated rings. The van der Waals surface area contributed by atoms with Gasteiger partial charge in [0.1, 0.15) is 11.9 Å². The van der Waals surface area contributed by atoms with Crippen LogP contribution in [0.25, 0.3) is 0 Å². The molecule has 0 N–H and O–H groups in total. The number of anilines is 1. The molecule has 0 aliphatic carbocycles. The molecule has 0 aromatic heterocycles. The summed E-state index contributed by atoms with van der Waals surface area (Å²) in [6, 6.07) is 4.35. The van der Waals surface area contributed by atoms with Crippen molar-refractivity contribution in [2.75, 3.05) is 43.3 Å². The maximum atomic E-state index is 13.2. The summed E-state index contributed by atoms with van der Waals surface area (Å²) in [5.74, 6) is -0.653. The molecule has 25 heavy (non-hydrogen) atoms. The Morgan fingerprint density at radius 2 is 1.72 bits per heavy atom. The van der Waals surface area contributed by atoms with Crippen molar-refractivity contribution in [3.05, 3.63) is 30.1 Å². The Hall–Kier alpha value is -1.67. The van der Waals surface area contributed by atoms with E-state index in [1.165, 1.54) is 24.3 Å². The van der Waals surface area contributed by atoms with E-state index in [1.54, 1.807) is 11.8 Å². The van der Waals surface area contributed by atoms with Crippen LogP contribution in [-0.4, -0.2) is 69.1 Å². The van der Waals surface area contributed by atoms with Crippen molar-refractivity contribution in [1.29, 1.82) is 0 Å². The number of amides is 1. The van der Waals surface area contributed by atoms with Crippen molar-refractivity contribution in [2.45, 2.75) is 26.3 Å². The summed E-state index contributed by atoms with van der Waals surface area (Å²) in [6.45, 7) is 7.54. The highest BCUT2D eigenvalue weighted by molar-refractivity contribution is 7.92. The van der Waals surface area contributed by atoms with Crippen LogP contribution in [0, 0.1) is 5.82 Å². The van der Waals surface area contributed by atoms with E-state index >= 15 is 0 Å². The fraction of sp³-hybridized carbons (Fsp3) is 0.588. The molecule has 0 unspecified atom stereocenters. The lowest BCUT2D eigenvalue weighted by Gasteiger charge is -2.38. The Bertz CT molecular complexity index is 686. The summed E-state index contributed by atoms with van der Waals surface area (Å²) in [7, 11) is -3.69. The lowest BCUT2D eigenvalue weighted by molar-refractivity contribution is -0.134. The molecule has 1 aromatic rings. The zero-order valence-corrected chi connectivity index (χ0v) is 15.8. The second kappa shape index (κ2) is 8.14. The molecule has 1 heterocycles. The van der Waals surface area contributed by atoms with Crippen LogP contribution in [0.5, 0.6) is 0 Å². The predicted octanol–water partition coefficient (Wildman–Crippen LogP) is 1.53. The molecule has 0 bridgehead atoms. The Morgan fingerprint density at radius 3 is 2.16 bits per heavy atom. The molecule has 8 heteroatoms. The zero-order valence-electron chi connectivity index (χ0n) is 15.0. The van der Waals surface area contributed by atoms with Gasteiger partial charge in [-0.2, -0.15) is 0 Å². The first-order chi connectivity index (χ1) is 11.8. The smallest absolute Gasteiger partial charge is 0.246 e. The third-order valence-corrected chi connectivity index (χ3v) is 5.70. The number of nitrogens with zero attached hydrogens (tertiary/aromatic N) is 3. The lowest BCUT2D eigenvalue weighted by Crippen LogP contribution is -2.55. The van der Waals surface area contributed by atoms with Gasteiger partial charge < -0.3 is 9.80 Å². The largest absolute Gasteiger partial charge is 0.338 e. The maximum Gasteiger partial charge on any atom is 0.246 e. The topological polar surface area (TPSA) is 60.9 Å². The van der Waals surface area contributed by atoms with Crippen LogP contribution in [0.3, 0.4) is 0 Å². The molecular formula is C17H26FN3O3S. The molecule has 1 atom stereocenters. The zero-order chi connectivity index (χ0) is 18.6. The fourth-order valence-corrected chi connectivity index (χ4v) is 4.33. The summed E-state index contributed by atoms with van der Waals surface area (Å²) in [6.07, 6.45) is 1.42. The minimum absolute atomic E-state index is 0.201. The standard InChI is InChI=1S/C17H26FN3O3S/c1-4-16(17(22)20-12-10-19(5-2)11-13-20)21(25(3,23)24)15-8-6-14(18)7-9-15/h6-9,16H,4-5,10-13H2,1-3H3/t16-/m0/s1. The molecule has 1 aliphatic heterocycles. The molecule has 0 radical (unpaired) electrons. The number of sulfonamides is 1. The Balaban J connectivity index is 2.27. The molecule has 0 spiro atoms. The lowest BCUT2D eigenvalue weighted by atomic mass is 10.1. The van der Waals surface area contributed by atoms with Crippen molar-refractivity contribution in [3.63, 3.8) is 0 Å². The quantitative estimate of drug-likeness (QED) is 0.761. The maximum absolute atomic E-state index is 13.2. The van der Waals surface area contributed by atoms with Gasteiger partial charge in [-0.25, -0.2) is 12.8 Å². The second-order valence-electron chi connectivity index (χ2n) is 6.22. The van der Waals surface area contributed by atoms with Gasteiger partial charge in [0, 0.05) is 26.2 Å². The minimum Gasteiger partial charge on any atom is -0.338 e. The van der Waals surface area contributed by atoms with Gasteiger partial charge in [-0.3, -0.25) is 9.10 Å². The Morgan fingerprint density at radius 1 is 1.16 bits per heavy atom. The molecule has 140 valence electrons. The van der Waals surface area contributed by atoms with E-state index in [0.717, 1.165) is 30.2 Å². The van der Waals surface area contributed by atoms with E-state index in [-0.39, 0.29) is 5.91 Å². The van der Waals surface area contributed by atoms with Gasteiger partial charge in [0.05, 0.1) is 11.9 Å². The summed E-state index contributed by atoms with van der Waals surface area (Å²) < 4.78 is 39.0. The van der Waals surface area contributed by atoms with Gasteiger partial charge in [-0.15, -0.1) is 0 Å². The SMILES string of the molecule is CC[C@@H](C(=O)N1CCN(CC)CC1)N(c1ccc(F)cc1)S(C)(=O)=O. The van der Waals surface area contributed by atoms with E-state index in [0.29, 0.717) is 25.2 Å². The van der Waals surface area contributed by atoms with Crippen molar-refractivity contribution >= 4 is 21.6 Å². The highest BCUT2D eigenvalue weighted by Gasteiger charge is 2.35. The van der Waals surface area contributed by atoms with Crippen LogP contribution in [0.1, 0.15) is 20.3 Å². The number of benzene rings is 1. The number of carbonyl (C=O) groups is 1. The predicted molar refractivity (Wildman–Crippen MR) is 96.5 cm³/mol. The molecule has 1 aromatic carbocycles. The van der Waals surface area contributed by atoms with Gasteiger partial charge in [0.2, 0.25) is 15.9 Å². The summed E-state index contributed by atoms with van der Waals surface area (Å²) >= 11 is 0. The molecule has 0 saturated carbocycles. The van der Waals surface area contributed by atoms with Crippen LogP contribution in [-0.2, 0) is 14.8 Å². The third kappa shape index (κ3) is 4.70. The molecule has 1 saturated heterocycles. The first kappa shape index (κ1) is 19.7. The fourth-order valence-electron chi connectivity index (χ4n) is 3.13. The Kier molecular flexibility index (Phi) is 6.40. The van der Waals surface area contributed by atoms with Crippen LogP contribution in [0.4, 0.5) is 10.1 Å². The van der Waals surface area contributed by atoms with Crippen LogP contribution in [0.15, 0.2) is 24.3 Å². The molecule has 1 amide bonds. The molecular weight excluding hydrogens is 345 g/mol. The minimum atomic E-state index is -3.69. The third-order valence-electron chi connectivity index (χ3n) is 4.52. The molecule has 6 nitrogen and oxygen atoms in total. The first-order valence-electron chi connectivity index (χ1n) is 8.54. The highest BCUT2D eigenvalue weighted by Crippen LogP contribution is 2.24.